The van der Waals surface area contributed by atoms with Crippen molar-refractivity contribution in [1.82, 2.24) is 4.90 Å². The molecule has 1 aliphatic heterocycles. The van der Waals surface area contributed by atoms with Gasteiger partial charge in [-0.2, -0.15) is 5.26 Å². The lowest BCUT2D eigenvalue weighted by atomic mass is 9.50. The molecule has 6 heteroatoms. The summed E-state index contributed by atoms with van der Waals surface area (Å²) in [5.74, 6) is 0.610. The van der Waals surface area contributed by atoms with Gasteiger partial charge in [-0.1, -0.05) is 68.6 Å². The molecule has 0 bridgehead atoms. The molecule has 2 aliphatic carbocycles. The highest BCUT2D eigenvalue weighted by molar-refractivity contribution is 9.10. The Bertz CT molecular complexity index is 1370. The largest absolute Gasteiger partial charge is 0.315 e. The first-order chi connectivity index (χ1) is 18.7. The van der Waals surface area contributed by atoms with Gasteiger partial charge in [0.05, 0.1) is 12.6 Å². The van der Waals surface area contributed by atoms with Gasteiger partial charge in [0, 0.05) is 45.7 Å². The van der Waals surface area contributed by atoms with Crippen LogP contribution in [0.2, 0.25) is 0 Å². The number of halogens is 2. The van der Waals surface area contributed by atoms with E-state index in [4.69, 9.17) is 0 Å². The maximum Gasteiger partial charge on any atom is 0.226 e. The number of fused-ring (bicyclic) bond motifs is 3. The third kappa shape index (κ3) is 5.58. The van der Waals surface area contributed by atoms with E-state index in [0.29, 0.717) is 32.2 Å². The standard InChI is InChI=1S/C33H34Br2N2O2/c1-21-27(4-3-17-36)28-14-9-24-20-37(19-23-7-12-26(35)13-8-23)30(38)15-16-33(24,2)31(28)32(39)29(21)18-22-5-10-25(34)11-6-22/h5-8,10-13,20,27-28,31H,3-4,9,14-16,18-19H2,1-2H3/t27-,28+,31-,33+/m1/s1. The van der Waals surface area contributed by atoms with E-state index in [1.807, 2.05) is 41.3 Å². The summed E-state index contributed by atoms with van der Waals surface area (Å²) >= 11 is 7.01. The Kier molecular flexibility index (Phi) is 8.31. The summed E-state index contributed by atoms with van der Waals surface area (Å²) in [7, 11) is 0. The third-order valence-corrected chi connectivity index (χ3v) is 10.4. The van der Waals surface area contributed by atoms with Gasteiger partial charge in [-0.05, 0) is 91.0 Å². The van der Waals surface area contributed by atoms with Gasteiger partial charge in [0.2, 0.25) is 5.91 Å². The SMILES string of the molecule is CC1=C(Cc2ccc(Br)cc2)C(=O)[C@H]2[C@@H](CCC3=CN(Cc4ccc(Br)cc4)C(=O)CC[C@@]32C)[C@@H]1CCC#N. The first-order valence-electron chi connectivity index (χ1n) is 13.8. The van der Waals surface area contributed by atoms with Gasteiger partial charge in [0.25, 0.3) is 0 Å². The van der Waals surface area contributed by atoms with Crippen LogP contribution in [-0.2, 0) is 22.6 Å². The van der Waals surface area contributed by atoms with Crippen molar-refractivity contribution in [2.45, 2.75) is 65.3 Å². The number of hydrogen-bond donors (Lipinski definition) is 0. The van der Waals surface area contributed by atoms with E-state index in [0.717, 1.165) is 50.5 Å². The van der Waals surface area contributed by atoms with Crippen LogP contribution in [0.25, 0.3) is 0 Å². The maximum atomic E-state index is 14.5. The van der Waals surface area contributed by atoms with Gasteiger partial charge in [-0.15, -0.1) is 0 Å². The number of hydrogen-bond acceptors (Lipinski definition) is 3. The fourth-order valence-electron chi connectivity index (χ4n) is 7.19. The average molecular weight is 650 g/mol. The van der Waals surface area contributed by atoms with Crippen molar-refractivity contribution in [2.24, 2.45) is 23.2 Å². The molecule has 0 N–H and O–H groups in total. The van der Waals surface area contributed by atoms with Crippen molar-refractivity contribution in [3.05, 3.63) is 91.5 Å². The molecule has 0 radical (unpaired) electrons. The van der Waals surface area contributed by atoms with E-state index in [1.54, 1.807) is 0 Å². The number of nitriles is 1. The summed E-state index contributed by atoms with van der Waals surface area (Å²) < 4.78 is 2.03. The van der Waals surface area contributed by atoms with Crippen LogP contribution in [0.15, 0.2) is 80.4 Å². The van der Waals surface area contributed by atoms with Gasteiger partial charge >= 0.3 is 0 Å². The molecule has 1 amide bonds. The fraction of sp³-hybridized carbons (Fsp3) is 0.424. The predicted octanol–water partition coefficient (Wildman–Crippen LogP) is 8.31. The first-order valence-corrected chi connectivity index (χ1v) is 15.4. The Hall–Kier alpha value is -2.49. The predicted molar refractivity (Wildman–Crippen MR) is 160 cm³/mol. The molecule has 2 aromatic carbocycles. The molecule has 1 fully saturated rings. The molecule has 0 spiro atoms. The molecule has 4 nitrogen and oxygen atoms in total. The average Bonchev–Trinajstić information content (AvgIpc) is 3.04. The number of carbonyl (C=O) groups excluding carboxylic acids is 2. The van der Waals surface area contributed by atoms with Gasteiger partial charge in [-0.25, -0.2) is 0 Å². The Morgan fingerprint density at radius 2 is 1.64 bits per heavy atom. The van der Waals surface area contributed by atoms with Crippen molar-refractivity contribution >= 4 is 43.6 Å². The van der Waals surface area contributed by atoms with Crippen molar-refractivity contribution < 1.29 is 9.59 Å². The Morgan fingerprint density at radius 3 is 2.28 bits per heavy atom. The van der Waals surface area contributed by atoms with Crippen LogP contribution in [-0.4, -0.2) is 16.6 Å². The van der Waals surface area contributed by atoms with Crippen LogP contribution in [0.4, 0.5) is 0 Å². The molecule has 0 saturated heterocycles. The second-order valence-electron chi connectivity index (χ2n) is 11.5. The van der Waals surface area contributed by atoms with Crippen LogP contribution in [0.3, 0.4) is 0 Å². The molecule has 3 aliphatic rings. The molecule has 1 heterocycles. The molecular weight excluding hydrogens is 616 g/mol. The van der Waals surface area contributed by atoms with Crippen LogP contribution >= 0.6 is 31.9 Å². The molecule has 39 heavy (non-hydrogen) atoms. The number of benzene rings is 2. The Morgan fingerprint density at radius 1 is 1.00 bits per heavy atom. The summed E-state index contributed by atoms with van der Waals surface area (Å²) in [5, 5.41) is 9.44. The van der Waals surface area contributed by atoms with Crippen LogP contribution in [0.5, 0.6) is 0 Å². The van der Waals surface area contributed by atoms with Crippen LogP contribution in [0, 0.1) is 34.5 Å². The van der Waals surface area contributed by atoms with Gasteiger partial charge < -0.3 is 4.90 Å². The van der Waals surface area contributed by atoms with E-state index in [1.165, 1.54) is 5.57 Å². The van der Waals surface area contributed by atoms with Gasteiger partial charge in [0.1, 0.15) is 0 Å². The summed E-state index contributed by atoms with van der Waals surface area (Å²) in [6.45, 7) is 4.88. The minimum Gasteiger partial charge on any atom is -0.315 e. The van der Waals surface area contributed by atoms with E-state index in [9.17, 15) is 14.9 Å². The zero-order chi connectivity index (χ0) is 27.7. The van der Waals surface area contributed by atoms with Crippen molar-refractivity contribution in [3.8, 4) is 6.07 Å². The quantitative estimate of drug-likeness (QED) is 0.316. The zero-order valence-corrected chi connectivity index (χ0v) is 25.7. The smallest absolute Gasteiger partial charge is 0.226 e. The number of nitrogens with zero attached hydrogens (tertiary/aromatic N) is 2. The Balaban J connectivity index is 1.51. The number of ketones is 1. The number of allylic oxidation sites excluding steroid dienone is 3. The lowest BCUT2D eigenvalue weighted by molar-refractivity contribution is -0.131. The minimum absolute atomic E-state index is 0.115. The number of amides is 1. The highest BCUT2D eigenvalue weighted by Gasteiger charge is 2.54. The first kappa shape index (κ1) is 28.1. The number of Topliss-reactive ketones (excluding diaryl/α,β-unsaturated/α-hetero) is 1. The van der Waals surface area contributed by atoms with Gasteiger partial charge in [-0.3, -0.25) is 9.59 Å². The molecule has 202 valence electrons. The topological polar surface area (TPSA) is 61.2 Å². The normalized spacial score (nSPS) is 26.9. The van der Waals surface area contributed by atoms with Crippen molar-refractivity contribution in [2.75, 3.05) is 0 Å². The lowest BCUT2D eigenvalue weighted by Crippen LogP contribution is -2.49. The maximum absolute atomic E-state index is 14.5. The van der Waals surface area contributed by atoms with Crippen LogP contribution < -0.4 is 0 Å². The van der Waals surface area contributed by atoms with E-state index < -0.39 is 0 Å². The van der Waals surface area contributed by atoms with Gasteiger partial charge in [0.15, 0.2) is 5.78 Å². The second-order valence-corrected chi connectivity index (χ2v) is 13.4. The lowest BCUT2D eigenvalue weighted by Gasteiger charge is -2.52. The minimum atomic E-state index is -0.374. The highest BCUT2D eigenvalue weighted by atomic mass is 79.9. The van der Waals surface area contributed by atoms with Crippen molar-refractivity contribution in [3.63, 3.8) is 0 Å². The monoisotopic (exact) mass is 648 g/mol. The third-order valence-electron chi connectivity index (χ3n) is 9.34. The molecular formula is C33H34Br2N2O2. The van der Waals surface area contributed by atoms with Crippen molar-refractivity contribution in [1.29, 1.82) is 5.26 Å². The molecule has 1 saturated carbocycles. The molecule has 5 rings (SSSR count). The summed E-state index contributed by atoms with van der Waals surface area (Å²) in [6, 6.07) is 18.6. The highest BCUT2D eigenvalue weighted by Crippen LogP contribution is 2.58. The number of rotatable bonds is 6. The summed E-state index contributed by atoms with van der Waals surface area (Å²) in [6.07, 6.45) is 6.85. The van der Waals surface area contributed by atoms with Crippen LogP contribution in [0.1, 0.15) is 63.5 Å². The number of carbonyl (C=O) groups is 2. The fourth-order valence-corrected chi connectivity index (χ4v) is 7.72. The van der Waals surface area contributed by atoms with E-state index in [2.05, 4.69) is 70.1 Å². The summed E-state index contributed by atoms with van der Waals surface area (Å²) in [5.41, 5.74) is 5.12. The zero-order valence-electron chi connectivity index (χ0n) is 22.6. The molecule has 2 aromatic rings. The molecule has 0 aromatic heterocycles. The molecule has 0 unspecified atom stereocenters. The Labute approximate surface area is 248 Å². The van der Waals surface area contributed by atoms with E-state index >= 15 is 0 Å². The summed E-state index contributed by atoms with van der Waals surface area (Å²) in [4.78, 5) is 29.7. The molecule has 4 atom stereocenters. The van der Waals surface area contributed by atoms with E-state index in [-0.39, 0.29) is 34.9 Å². The second kappa shape index (κ2) is 11.6.